The van der Waals surface area contributed by atoms with Gasteiger partial charge in [-0.3, -0.25) is 14.4 Å². The number of amides is 1. The van der Waals surface area contributed by atoms with E-state index >= 15 is 0 Å². The summed E-state index contributed by atoms with van der Waals surface area (Å²) in [7, 11) is 1.67. The molecule has 0 bridgehead atoms. The van der Waals surface area contributed by atoms with Crippen LogP contribution in [0.5, 0.6) is 0 Å². The second-order valence-electron chi connectivity index (χ2n) is 4.71. The molecule has 0 saturated heterocycles. The van der Waals surface area contributed by atoms with E-state index in [4.69, 9.17) is 5.11 Å². The molecule has 0 aliphatic heterocycles. The Kier molecular flexibility index (Phi) is 6.44. The standard InChI is InChI=1S/C13H20N2O4S/c1-10-9-20-13(19)15(10)8-3-5-11(16)14(2)7-4-6-12(17)18/h9H,3-8H2,1-2H3,(H,17,18). The van der Waals surface area contributed by atoms with Gasteiger partial charge in [0.15, 0.2) is 0 Å². The number of aliphatic carboxylic acids is 1. The number of hydrogen-bond donors (Lipinski definition) is 1. The number of carboxylic acid groups (broad SMARTS) is 1. The lowest BCUT2D eigenvalue weighted by molar-refractivity contribution is -0.138. The number of thiazole rings is 1. The van der Waals surface area contributed by atoms with Gasteiger partial charge in [0, 0.05) is 44.1 Å². The minimum absolute atomic E-state index is 0.00441. The fraction of sp³-hybridized carbons (Fsp3) is 0.615. The van der Waals surface area contributed by atoms with E-state index in [-0.39, 0.29) is 17.2 Å². The van der Waals surface area contributed by atoms with E-state index in [2.05, 4.69) is 0 Å². The molecule has 0 aliphatic carbocycles. The Hall–Kier alpha value is -1.63. The lowest BCUT2D eigenvalue weighted by Crippen LogP contribution is -2.28. The van der Waals surface area contributed by atoms with E-state index < -0.39 is 5.97 Å². The molecule has 0 fully saturated rings. The molecule has 1 rings (SSSR count). The highest BCUT2D eigenvalue weighted by Crippen LogP contribution is 2.04. The summed E-state index contributed by atoms with van der Waals surface area (Å²) in [4.78, 5) is 35.2. The Morgan fingerprint density at radius 1 is 1.35 bits per heavy atom. The Balaban J connectivity index is 2.29. The van der Waals surface area contributed by atoms with Gasteiger partial charge in [0.25, 0.3) is 0 Å². The van der Waals surface area contributed by atoms with Crippen molar-refractivity contribution >= 4 is 23.2 Å². The van der Waals surface area contributed by atoms with E-state index in [9.17, 15) is 14.4 Å². The molecule has 1 aromatic rings. The van der Waals surface area contributed by atoms with Gasteiger partial charge in [-0.15, -0.1) is 0 Å². The van der Waals surface area contributed by atoms with Crippen LogP contribution in [-0.2, 0) is 16.1 Å². The van der Waals surface area contributed by atoms with Crippen molar-refractivity contribution in [1.29, 1.82) is 0 Å². The van der Waals surface area contributed by atoms with E-state index in [1.54, 1.807) is 16.5 Å². The maximum absolute atomic E-state index is 11.8. The third-order valence-electron chi connectivity index (χ3n) is 3.06. The van der Waals surface area contributed by atoms with Gasteiger partial charge in [-0.1, -0.05) is 11.3 Å². The van der Waals surface area contributed by atoms with Gasteiger partial charge < -0.3 is 14.6 Å². The Morgan fingerprint density at radius 3 is 2.60 bits per heavy atom. The van der Waals surface area contributed by atoms with Gasteiger partial charge in [-0.25, -0.2) is 0 Å². The quantitative estimate of drug-likeness (QED) is 0.785. The number of aromatic nitrogens is 1. The van der Waals surface area contributed by atoms with Gasteiger partial charge in [-0.2, -0.15) is 0 Å². The summed E-state index contributed by atoms with van der Waals surface area (Å²) in [5.41, 5.74) is 0.919. The van der Waals surface area contributed by atoms with Gasteiger partial charge in [0.2, 0.25) is 5.91 Å². The lowest BCUT2D eigenvalue weighted by atomic mass is 10.2. The number of hydrogen-bond acceptors (Lipinski definition) is 4. The molecule has 6 nitrogen and oxygen atoms in total. The van der Waals surface area contributed by atoms with Crippen molar-refractivity contribution in [3.05, 3.63) is 20.7 Å². The third kappa shape index (κ3) is 5.16. The van der Waals surface area contributed by atoms with Crippen LogP contribution < -0.4 is 4.87 Å². The zero-order valence-corrected chi connectivity index (χ0v) is 12.6. The largest absolute Gasteiger partial charge is 0.481 e. The van der Waals surface area contributed by atoms with Crippen molar-refractivity contribution < 1.29 is 14.7 Å². The van der Waals surface area contributed by atoms with Crippen LogP contribution in [0.15, 0.2) is 10.2 Å². The molecule has 1 N–H and O–H groups in total. The Morgan fingerprint density at radius 2 is 2.05 bits per heavy atom. The van der Waals surface area contributed by atoms with Gasteiger partial charge in [0.05, 0.1) is 0 Å². The number of carbonyl (C=O) groups excluding carboxylic acids is 1. The SMILES string of the molecule is Cc1csc(=O)n1CCCC(=O)N(C)CCCC(=O)O. The van der Waals surface area contributed by atoms with Crippen molar-refractivity contribution in [3.63, 3.8) is 0 Å². The number of carbonyl (C=O) groups is 2. The van der Waals surface area contributed by atoms with Gasteiger partial charge in [0.1, 0.15) is 0 Å². The summed E-state index contributed by atoms with van der Waals surface area (Å²) in [6.45, 7) is 2.86. The second kappa shape index (κ2) is 7.84. The summed E-state index contributed by atoms with van der Waals surface area (Å²) in [5.74, 6) is -0.866. The predicted molar refractivity (Wildman–Crippen MR) is 77.1 cm³/mol. The second-order valence-corrected chi connectivity index (χ2v) is 5.53. The first-order chi connectivity index (χ1) is 9.41. The average molecular weight is 300 g/mol. The van der Waals surface area contributed by atoms with Crippen molar-refractivity contribution in [2.75, 3.05) is 13.6 Å². The van der Waals surface area contributed by atoms with E-state index in [1.807, 2.05) is 12.3 Å². The fourth-order valence-electron chi connectivity index (χ4n) is 1.85. The smallest absolute Gasteiger partial charge is 0.307 e. The van der Waals surface area contributed by atoms with Crippen molar-refractivity contribution in [1.82, 2.24) is 9.47 Å². The van der Waals surface area contributed by atoms with Gasteiger partial charge >= 0.3 is 10.8 Å². The molecule has 0 radical (unpaired) electrons. The topological polar surface area (TPSA) is 79.6 Å². The summed E-state index contributed by atoms with van der Waals surface area (Å²) in [5, 5.41) is 10.3. The molecule has 112 valence electrons. The third-order valence-corrected chi connectivity index (χ3v) is 3.94. The van der Waals surface area contributed by atoms with E-state index in [0.717, 1.165) is 5.69 Å². The fourth-order valence-corrected chi connectivity index (χ4v) is 2.61. The Labute approximate surface area is 121 Å². The Bertz CT molecular complexity index is 521. The van der Waals surface area contributed by atoms with Crippen molar-refractivity contribution in [3.8, 4) is 0 Å². The van der Waals surface area contributed by atoms with Crippen LogP contribution in [0.1, 0.15) is 31.4 Å². The highest BCUT2D eigenvalue weighted by atomic mass is 32.1. The molecule has 0 aromatic carbocycles. The monoisotopic (exact) mass is 300 g/mol. The number of carboxylic acids is 1. The molecule has 1 amide bonds. The lowest BCUT2D eigenvalue weighted by Gasteiger charge is -2.16. The molecule has 0 atom stereocenters. The van der Waals surface area contributed by atoms with Crippen LogP contribution in [0.4, 0.5) is 0 Å². The number of nitrogens with zero attached hydrogens (tertiary/aromatic N) is 2. The first-order valence-corrected chi connectivity index (χ1v) is 7.40. The maximum Gasteiger partial charge on any atom is 0.307 e. The summed E-state index contributed by atoms with van der Waals surface area (Å²) in [6, 6.07) is 0. The van der Waals surface area contributed by atoms with Crippen LogP contribution in [0.25, 0.3) is 0 Å². The molecule has 0 aliphatic rings. The summed E-state index contributed by atoms with van der Waals surface area (Å²) in [6.07, 6.45) is 1.51. The summed E-state index contributed by atoms with van der Waals surface area (Å²) < 4.78 is 1.67. The average Bonchev–Trinajstić information content (AvgIpc) is 2.69. The minimum Gasteiger partial charge on any atom is -0.481 e. The normalized spacial score (nSPS) is 10.5. The number of rotatable bonds is 8. The highest BCUT2D eigenvalue weighted by molar-refractivity contribution is 7.07. The van der Waals surface area contributed by atoms with E-state index in [0.29, 0.717) is 32.4 Å². The molecular formula is C13H20N2O4S. The zero-order chi connectivity index (χ0) is 15.1. The molecule has 0 spiro atoms. The van der Waals surface area contributed by atoms with E-state index in [1.165, 1.54) is 11.3 Å². The molecule has 0 unspecified atom stereocenters. The molecule has 7 heteroatoms. The molecule has 1 heterocycles. The van der Waals surface area contributed by atoms with Crippen molar-refractivity contribution in [2.45, 2.75) is 39.2 Å². The van der Waals surface area contributed by atoms with Crippen LogP contribution in [0, 0.1) is 6.92 Å². The maximum atomic E-state index is 11.8. The van der Waals surface area contributed by atoms with Crippen LogP contribution >= 0.6 is 11.3 Å². The summed E-state index contributed by atoms with van der Waals surface area (Å²) >= 11 is 1.17. The first-order valence-electron chi connectivity index (χ1n) is 6.52. The van der Waals surface area contributed by atoms with Crippen molar-refractivity contribution in [2.24, 2.45) is 0 Å². The first kappa shape index (κ1) is 16.4. The molecule has 20 heavy (non-hydrogen) atoms. The zero-order valence-electron chi connectivity index (χ0n) is 11.8. The van der Waals surface area contributed by atoms with Crippen LogP contribution in [-0.4, -0.2) is 40.0 Å². The minimum atomic E-state index is -0.849. The van der Waals surface area contributed by atoms with Gasteiger partial charge in [-0.05, 0) is 19.8 Å². The predicted octanol–water partition coefficient (Wildman–Crippen LogP) is 1.32. The number of aryl methyl sites for hydroxylation is 1. The molecule has 1 aromatic heterocycles. The molecular weight excluding hydrogens is 280 g/mol. The van der Waals surface area contributed by atoms with Crippen LogP contribution in [0.2, 0.25) is 0 Å². The van der Waals surface area contributed by atoms with Crippen LogP contribution in [0.3, 0.4) is 0 Å². The highest BCUT2D eigenvalue weighted by Gasteiger charge is 2.10. The molecule has 0 saturated carbocycles.